The molecule has 0 fully saturated rings. The zero-order valence-electron chi connectivity index (χ0n) is 12.1. The number of hydrogen-bond donors (Lipinski definition) is 1. The lowest BCUT2D eigenvalue weighted by Gasteiger charge is -2.17. The van der Waals surface area contributed by atoms with Gasteiger partial charge in [0.2, 0.25) is 0 Å². The number of rotatable bonds is 5. The maximum Gasteiger partial charge on any atom is 0.253 e. The molecule has 0 unspecified atom stereocenters. The van der Waals surface area contributed by atoms with Crippen LogP contribution in [0.1, 0.15) is 22.3 Å². The maximum absolute atomic E-state index is 13.3. The molecule has 2 aromatic carbocycles. The van der Waals surface area contributed by atoms with E-state index in [-0.39, 0.29) is 17.2 Å². The van der Waals surface area contributed by atoms with Gasteiger partial charge in [0.1, 0.15) is 5.82 Å². The van der Waals surface area contributed by atoms with Gasteiger partial charge in [0, 0.05) is 24.8 Å². The summed E-state index contributed by atoms with van der Waals surface area (Å²) in [5.41, 5.74) is 7.35. The Labute approximate surface area is 124 Å². The highest BCUT2D eigenvalue weighted by Gasteiger charge is 2.13. The molecule has 0 saturated carbocycles. The van der Waals surface area contributed by atoms with Crippen molar-refractivity contribution >= 4 is 11.6 Å². The summed E-state index contributed by atoms with van der Waals surface area (Å²) in [6, 6.07) is 14.0. The second kappa shape index (κ2) is 6.88. The number of hydrogen-bond acceptors (Lipinski definition) is 2. The summed E-state index contributed by atoms with van der Waals surface area (Å²) in [5, 5.41) is 0. The molecule has 2 rings (SSSR count). The zero-order valence-corrected chi connectivity index (χ0v) is 12.1. The van der Waals surface area contributed by atoms with Gasteiger partial charge in [0.25, 0.3) is 5.91 Å². The number of nitrogens with zero attached hydrogens (tertiary/aromatic N) is 1. The van der Waals surface area contributed by atoms with E-state index in [1.165, 1.54) is 23.8 Å². The van der Waals surface area contributed by atoms with Crippen molar-refractivity contribution in [2.75, 3.05) is 19.3 Å². The number of anilines is 1. The molecule has 0 aliphatic carbocycles. The van der Waals surface area contributed by atoms with E-state index in [4.69, 9.17) is 5.73 Å². The van der Waals surface area contributed by atoms with Crippen molar-refractivity contribution in [1.29, 1.82) is 0 Å². The van der Waals surface area contributed by atoms with Crippen LogP contribution in [0.5, 0.6) is 0 Å². The first-order valence-corrected chi connectivity index (χ1v) is 6.92. The molecule has 21 heavy (non-hydrogen) atoms. The van der Waals surface area contributed by atoms with Crippen LogP contribution in [-0.2, 0) is 6.42 Å². The molecule has 0 bridgehead atoms. The summed E-state index contributed by atoms with van der Waals surface area (Å²) >= 11 is 0. The molecular formula is C17H19FN2O. The van der Waals surface area contributed by atoms with Crippen LogP contribution in [0, 0.1) is 5.82 Å². The second-order valence-electron chi connectivity index (χ2n) is 5.09. The standard InChI is InChI=1S/C17H19FN2O/c1-20(9-5-8-13-6-3-2-4-7-13)17(21)14-10-15(18)12-16(19)11-14/h2-4,6-7,10-12H,5,8-9,19H2,1H3. The molecule has 0 atom stereocenters. The summed E-state index contributed by atoms with van der Waals surface area (Å²) in [4.78, 5) is 13.8. The Bertz CT molecular complexity index is 593. The smallest absolute Gasteiger partial charge is 0.253 e. The van der Waals surface area contributed by atoms with Crippen molar-refractivity contribution < 1.29 is 9.18 Å². The van der Waals surface area contributed by atoms with Gasteiger partial charge in [0.15, 0.2) is 0 Å². The molecule has 1 amide bonds. The Balaban J connectivity index is 1.90. The van der Waals surface area contributed by atoms with Gasteiger partial charge in [0.05, 0.1) is 0 Å². The third-order valence-electron chi connectivity index (χ3n) is 3.32. The van der Waals surface area contributed by atoms with Crippen LogP contribution in [0.3, 0.4) is 0 Å². The first-order chi connectivity index (χ1) is 10.1. The van der Waals surface area contributed by atoms with E-state index in [0.29, 0.717) is 6.54 Å². The van der Waals surface area contributed by atoms with E-state index in [0.717, 1.165) is 12.8 Å². The van der Waals surface area contributed by atoms with Gasteiger partial charge in [-0.15, -0.1) is 0 Å². The van der Waals surface area contributed by atoms with Crippen molar-refractivity contribution in [2.24, 2.45) is 0 Å². The van der Waals surface area contributed by atoms with Gasteiger partial charge in [-0.1, -0.05) is 30.3 Å². The van der Waals surface area contributed by atoms with Crippen LogP contribution in [-0.4, -0.2) is 24.4 Å². The molecule has 2 aromatic rings. The maximum atomic E-state index is 13.3. The minimum atomic E-state index is -0.490. The first kappa shape index (κ1) is 15.0. The number of aryl methyl sites for hydroxylation is 1. The van der Waals surface area contributed by atoms with Crippen molar-refractivity contribution in [3.05, 3.63) is 65.5 Å². The number of nitrogens with two attached hydrogens (primary N) is 1. The van der Waals surface area contributed by atoms with Crippen molar-refractivity contribution in [1.82, 2.24) is 4.90 Å². The summed E-state index contributed by atoms with van der Waals surface area (Å²) in [5.74, 6) is -0.703. The minimum Gasteiger partial charge on any atom is -0.399 e. The van der Waals surface area contributed by atoms with Crippen molar-refractivity contribution in [2.45, 2.75) is 12.8 Å². The Kier molecular flexibility index (Phi) is 4.93. The molecule has 4 heteroatoms. The Morgan fingerprint density at radius 1 is 1.19 bits per heavy atom. The van der Waals surface area contributed by atoms with Crippen LogP contribution >= 0.6 is 0 Å². The molecule has 3 nitrogen and oxygen atoms in total. The molecule has 0 spiro atoms. The molecule has 0 saturated heterocycles. The van der Waals surface area contributed by atoms with E-state index in [1.54, 1.807) is 11.9 Å². The van der Waals surface area contributed by atoms with Crippen molar-refractivity contribution in [3.63, 3.8) is 0 Å². The normalized spacial score (nSPS) is 10.4. The molecule has 2 N–H and O–H groups in total. The fourth-order valence-electron chi connectivity index (χ4n) is 2.22. The summed E-state index contributed by atoms with van der Waals surface area (Å²) in [6.07, 6.45) is 1.76. The van der Waals surface area contributed by atoms with E-state index < -0.39 is 5.82 Å². The largest absolute Gasteiger partial charge is 0.399 e. The number of carbonyl (C=O) groups is 1. The second-order valence-corrected chi connectivity index (χ2v) is 5.09. The van der Waals surface area contributed by atoms with Gasteiger partial charge in [-0.05, 0) is 36.6 Å². The molecule has 110 valence electrons. The quantitative estimate of drug-likeness (QED) is 0.858. The van der Waals surface area contributed by atoms with Crippen LogP contribution in [0.4, 0.5) is 10.1 Å². The van der Waals surface area contributed by atoms with Crippen LogP contribution in [0.2, 0.25) is 0 Å². The average Bonchev–Trinajstić information content (AvgIpc) is 2.46. The summed E-state index contributed by atoms with van der Waals surface area (Å²) in [6.45, 7) is 0.615. The van der Waals surface area contributed by atoms with E-state index >= 15 is 0 Å². The monoisotopic (exact) mass is 286 g/mol. The van der Waals surface area contributed by atoms with Crippen molar-refractivity contribution in [3.8, 4) is 0 Å². The predicted octanol–water partition coefficient (Wildman–Crippen LogP) is 3.11. The SMILES string of the molecule is CN(CCCc1ccccc1)C(=O)c1cc(N)cc(F)c1. The molecule has 0 radical (unpaired) electrons. The summed E-state index contributed by atoms with van der Waals surface area (Å²) < 4.78 is 13.3. The van der Waals surface area contributed by atoms with Crippen LogP contribution in [0.25, 0.3) is 0 Å². The Morgan fingerprint density at radius 3 is 2.57 bits per heavy atom. The fraction of sp³-hybridized carbons (Fsp3) is 0.235. The lowest BCUT2D eigenvalue weighted by Crippen LogP contribution is -2.28. The minimum absolute atomic E-state index is 0.214. The first-order valence-electron chi connectivity index (χ1n) is 6.92. The van der Waals surface area contributed by atoms with Crippen LogP contribution in [0.15, 0.2) is 48.5 Å². The molecule has 0 heterocycles. The lowest BCUT2D eigenvalue weighted by atomic mass is 10.1. The predicted molar refractivity (Wildman–Crippen MR) is 82.5 cm³/mol. The van der Waals surface area contributed by atoms with Gasteiger partial charge < -0.3 is 10.6 Å². The average molecular weight is 286 g/mol. The van der Waals surface area contributed by atoms with Gasteiger partial charge in [-0.3, -0.25) is 4.79 Å². The van der Waals surface area contributed by atoms with Gasteiger partial charge in [-0.25, -0.2) is 4.39 Å². The zero-order chi connectivity index (χ0) is 15.2. The number of nitrogen functional groups attached to an aromatic ring is 1. The molecular weight excluding hydrogens is 267 g/mol. The van der Waals surface area contributed by atoms with Gasteiger partial charge >= 0.3 is 0 Å². The topological polar surface area (TPSA) is 46.3 Å². The Morgan fingerprint density at radius 2 is 1.90 bits per heavy atom. The highest BCUT2D eigenvalue weighted by molar-refractivity contribution is 5.94. The number of carbonyl (C=O) groups excluding carboxylic acids is 1. The highest BCUT2D eigenvalue weighted by atomic mass is 19.1. The highest BCUT2D eigenvalue weighted by Crippen LogP contribution is 2.13. The van der Waals surface area contributed by atoms with E-state index in [2.05, 4.69) is 12.1 Å². The lowest BCUT2D eigenvalue weighted by molar-refractivity contribution is 0.0793. The van der Waals surface area contributed by atoms with E-state index in [1.807, 2.05) is 18.2 Å². The van der Waals surface area contributed by atoms with Crippen LogP contribution < -0.4 is 5.73 Å². The number of amides is 1. The Hall–Kier alpha value is -2.36. The fourth-order valence-corrected chi connectivity index (χ4v) is 2.22. The molecule has 0 aromatic heterocycles. The van der Waals surface area contributed by atoms with Gasteiger partial charge in [-0.2, -0.15) is 0 Å². The number of benzene rings is 2. The molecule has 0 aliphatic rings. The third-order valence-corrected chi connectivity index (χ3v) is 3.32. The van der Waals surface area contributed by atoms with E-state index in [9.17, 15) is 9.18 Å². The summed E-state index contributed by atoms with van der Waals surface area (Å²) in [7, 11) is 1.72. The molecule has 0 aliphatic heterocycles. The third kappa shape index (κ3) is 4.31. The number of halogens is 1.